The Bertz CT molecular complexity index is 1600. The Hall–Kier alpha value is -3.31. The molecule has 0 radical (unpaired) electrons. The van der Waals surface area contributed by atoms with E-state index in [1.165, 1.54) is 6.26 Å². The standard InChI is InChI=1S/C28H33N5O5S/c1-5-27(3,29)21-14-31-25(38-16-10-17(11-16)39(4,35)36)20-13-30-23(12-19(20)21)32-22-7-6-18-24(33-22)28(8-9-28)15(2)37-26(18)34/h6-7,12-17H,5,8-11,29H2,1-4H3,(H,30,32,33)/t15-,16?,17?,27-/m1/s1. The number of aromatic nitrogens is 3. The molecule has 0 unspecified atom stereocenters. The predicted molar refractivity (Wildman–Crippen MR) is 147 cm³/mol. The zero-order valence-corrected chi connectivity index (χ0v) is 23.3. The molecule has 206 valence electrons. The zero-order valence-electron chi connectivity index (χ0n) is 22.5. The van der Waals surface area contributed by atoms with Gasteiger partial charge in [-0.05, 0) is 62.3 Å². The molecule has 3 aromatic heterocycles. The van der Waals surface area contributed by atoms with Gasteiger partial charge in [0, 0.05) is 37.0 Å². The lowest BCUT2D eigenvalue weighted by atomic mass is 9.88. The number of nitrogens with one attached hydrogen (secondary N) is 1. The van der Waals surface area contributed by atoms with Crippen LogP contribution in [0.5, 0.6) is 5.88 Å². The van der Waals surface area contributed by atoms with E-state index >= 15 is 0 Å². The molecule has 2 saturated carbocycles. The van der Waals surface area contributed by atoms with E-state index in [9.17, 15) is 13.2 Å². The summed E-state index contributed by atoms with van der Waals surface area (Å²) in [5.74, 6) is 1.23. The number of carbonyl (C=O) groups is 1. The number of pyridine rings is 3. The molecule has 2 atom stereocenters. The van der Waals surface area contributed by atoms with E-state index in [0.717, 1.165) is 29.5 Å². The number of carbonyl (C=O) groups excluding carboxylic acids is 1. The van der Waals surface area contributed by atoms with Crippen molar-refractivity contribution >= 4 is 38.2 Å². The van der Waals surface area contributed by atoms with Gasteiger partial charge in [0.05, 0.1) is 27.3 Å². The average Bonchev–Trinajstić information content (AvgIpc) is 3.66. The molecule has 3 aliphatic rings. The minimum Gasteiger partial charge on any atom is -0.474 e. The van der Waals surface area contributed by atoms with Gasteiger partial charge < -0.3 is 20.5 Å². The molecule has 1 spiro atoms. The maximum absolute atomic E-state index is 12.4. The Morgan fingerprint density at radius 1 is 1.18 bits per heavy atom. The summed E-state index contributed by atoms with van der Waals surface area (Å²) in [6, 6.07) is 5.43. The van der Waals surface area contributed by atoms with Crippen LogP contribution in [-0.2, 0) is 25.5 Å². The maximum Gasteiger partial charge on any atom is 0.340 e. The molecule has 0 aromatic carbocycles. The van der Waals surface area contributed by atoms with Gasteiger partial charge in [0.25, 0.3) is 0 Å². The van der Waals surface area contributed by atoms with Crippen LogP contribution in [0.1, 0.15) is 74.5 Å². The van der Waals surface area contributed by atoms with Crippen LogP contribution in [0.25, 0.3) is 10.8 Å². The third-order valence-electron chi connectivity index (χ3n) is 8.71. The first-order valence-electron chi connectivity index (χ1n) is 13.3. The van der Waals surface area contributed by atoms with Gasteiger partial charge in [-0.3, -0.25) is 0 Å². The fourth-order valence-electron chi connectivity index (χ4n) is 5.55. The van der Waals surface area contributed by atoms with Gasteiger partial charge in [-0.25, -0.2) is 28.2 Å². The van der Waals surface area contributed by atoms with E-state index in [1.54, 1.807) is 24.5 Å². The first-order valence-corrected chi connectivity index (χ1v) is 15.3. The third kappa shape index (κ3) is 4.41. The highest BCUT2D eigenvalue weighted by atomic mass is 32.2. The highest BCUT2D eigenvalue weighted by Crippen LogP contribution is 2.54. The molecule has 2 fully saturated rings. The molecule has 3 aromatic rings. The van der Waals surface area contributed by atoms with E-state index in [0.29, 0.717) is 47.7 Å². The topological polar surface area (TPSA) is 146 Å². The van der Waals surface area contributed by atoms with Crippen LogP contribution in [0.4, 0.5) is 11.6 Å². The van der Waals surface area contributed by atoms with Crippen LogP contribution >= 0.6 is 0 Å². The summed E-state index contributed by atoms with van der Waals surface area (Å²) in [5.41, 5.74) is 7.97. The maximum atomic E-state index is 12.4. The van der Waals surface area contributed by atoms with Crippen LogP contribution in [0.2, 0.25) is 0 Å². The second-order valence-corrected chi connectivity index (χ2v) is 13.8. The molecule has 6 rings (SSSR count). The van der Waals surface area contributed by atoms with Crippen molar-refractivity contribution in [2.45, 2.75) is 81.3 Å². The molecular weight excluding hydrogens is 518 g/mol. The van der Waals surface area contributed by atoms with Crippen molar-refractivity contribution in [2.75, 3.05) is 11.6 Å². The van der Waals surface area contributed by atoms with Gasteiger partial charge >= 0.3 is 5.97 Å². The number of nitrogens with zero attached hydrogens (tertiary/aromatic N) is 3. The molecule has 1 aliphatic heterocycles. The lowest BCUT2D eigenvalue weighted by Crippen LogP contribution is -2.42. The number of esters is 1. The molecule has 0 saturated heterocycles. The van der Waals surface area contributed by atoms with Crippen molar-refractivity contribution in [3.63, 3.8) is 0 Å². The summed E-state index contributed by atoms with van der Waals surface area (Å²) in [7, 11) is -3.08. The Morgan fingerprint density at radius 3 is 2.59 bits per heavy atom. The minimum atomic E-state index is -3.08. The predicted octanol–water partition coefficient (Wildman–Crippen LogP) is 3.90. The number of cyclic esters (lactones) is 1. The normalized spacial score (nSPS) is 24.8. The molecule has 0 amide bonds. The van der Waals surface area contributed by atoms with Crippen LogP contribution in [0.15, 0.2) is 30.6 Å². The van der Waals surface area contributed by atoms with Crippen molar-refractivity contribution in [3.8, 4) is 5.88 Å². The Labute approximate surface area is 227 Å². The van der Waals surface area contributed by atoms with Crippen LogP contribution in [0.3, 0.4) is 0 Å². The van der Waals surface area contributed by atoms with E-state index in [1.807, 2.05) is 26.8 Å². The molecule has 10 nitrogen and oxygen atoms in total. The third-order valence-corrected chi connectivity index (χ3v) is 10.3. The first-order chi connectivity index (χ1) is 18.4. The fraction of sp³-hybridized carbons (Fsp3) is 0.500. The lowest BCUT2D eigenvalue weighted by molar-refractivity contribution is 0.0183. The van der Waals surface area contributed by atoms with Crippen molar-refractivity contribution in [1.82, 2.24) is 15.0 Å². The second-order valence-electron chi connectivity index (χ2n) is 11.4. The Morgan fingerprint density at radius 2 is 1.92 bits per heavy atom. The largest absolute Gasteiger partial charge is 0.474 e. The summed E-state index contributed by atoms with van der Waals surface area (Å²) in [6.45, 7) is 5.91. The fourth-order valence-corrected chi connectivity index (χ4v) is 6.68. The number of rotatable bonds is 7. The SMILES string of the molecule is CC[C@@](C)(N)c1cnc(OC2CC(S(C)(=O)=O)C2)c2cnc(Nc3ccc4c(n3)C3(CC3)[C@@H](C)OC4=O)cc12. The summed E-state index contributed by atoms with van der Waals surface area (Å²) in [4.78, 5) is 26.4. The van der Waals surface area contributed by atoms with Crippen LogP contribution < -0.4 is 15.8 Å². The van der Waals surface area contributed by atoms with Gasteiger partial charge in [-0.1, -0.05) is 6.92 Å². The number of ether oxygens (including phenoxy) is 2. The zero-order chi connectivity index (χ0) is 27.7. The molecule has 0 bridgehead atoms. The lowest BCUT2D eigenvalue weighted by Gasteiger charge is -2.34. The van der Waals surface area contributed by atoms with Gasteiger partial charge in [-0.15, -0.1) is 0 Å². The number of anilines is 2. The van der Waals surface area contributed by atoms with Crippen molar-refractivity contribution in [1.29, 1.82) is 0 Å². The highest BCUT2D eigenvalue weighted by molar-refractivity contribution is 7.91. The smallest absolute Gasteiger partial charge is 0.340 e. The van der Waals surface area contributed by atoms with Gasteiger partial charge in [0.1, 0.15) is 23.8 Å². The number of fused-ring (bicyclic) bond motifs is 3. The number of hydrogen-bond donors (Lipinski definition) is 2. The summed E-state index contributed by atoms with van der Waals surface area (Å²) in [5, 5.41) is 4.47. The monoisotopic (exact) mass is 551 g/mol. The number of nitrogens with two attached hydrogens (primary N) is 1. The summed E-state index contributed by atoms with van der Waals surface area (Å²) < 4.78 is 35.3. The average molecular weight is 552 g/mol. The van der Waals surface area contributed by atoms with E-state index in [4.69, 9.17) is 20.2 Å². The number of sulfone groups is 1. The molecule has 11 heteroatoms. The van der Waals surface area contributed by atoms with Crippen molar-refractivity contribution in [3.05, 3.63) is 47.4 Å². The quantitative estimate of drug-likeness (QED) is 0.415. The first kappa shape index (κ1) is 25.9. The molecule has 3 N–H and O–H groups in total. The Balaban J connectivity index is 1.34. The van der Waals surface area contributed by atoms with Crippen LogP contribution in [0, 0.1) is 0 Å². The molecule has 4 heterocycles. The summed E-state index contributed by atoms with van der Waals surface area (Å²) in [6.07, 6.45) is 7.73. The van der Waals surface area contributed by atoms with E-state index in [-0.39, 0.29) is 28.8 Å². The van der Waals surface area contributed by atoms with Crippen molar-refractivity contribution < 1.29 is 22.7 Å². The number of hydrogen-bond acceptors (Lipinski definition) is 10. The van der Waals surface area contributed by atoms with E-state index in [2.05, 4.69) is 15.3 Å². The highest BCUT2D eigenvalue weighted by Gasteiger charge is 2.56. The van der Waals surface area contributed by atoms with Crippen LogP contribution in [-0.4, -0.2) is 53.1 Å². The molecular formula is C28H33N5O5S. The Kier molecular flexibility index (Phi) is 5.89. The van der Waals surface area contributed by atoms with Crippen molar-refractivity contribution in [2.24, 2.45) is 5.73 Å². The minimum absolute atomic E-state index is 0.202. The molecule has 2 aliphatic carbocycles. The van der Waals surface area contributed by atoms with E-state index < -0.39 is 15.4 Å². The van der Waals surface area contributed by atoms with Gasteiger partial charge in [-0.2, -0.15) is 0 Å². The molecule has 39 heavy (non-hydrogen) atoms. The van der Waals surface area contributed by atoms with Gasteiger partial charge in [0.15, 0.2) is 9.84 Å². The van der Waals surface area contributed by atoms with Gasteiger partial charge in [0.2, 0.25) is 5.88 Å². The second kappa shape index (κ2) is 8.85. The summed E-state index contributed by atoms with van der Waals surface area (Å²) >= 11 is 0.